The van der Waals surface area contributed by atoms with E-state index in [1.165, 1.54) is 6.07 Å². The summed E-state index contributed by atoms with van der Waals surface area (Å²) in [7, 11) is 0. The fourth-order valence-electron chi connectivity index (χ4n) is 1.14. The van der Waals surface area contributed by atoms with E-state index in [0.29, 0.717) is 5.02 Å². The molecule has 0 heterocycles. The van der Waals surface area contributed by atoms with Gasteiger partial charge in [-0.3, -0.25) is 0 Å². The molecule has 1 aromatic carbocycles. The Labute approximate surface area is 81.9 Å². The molecule has 1 aromatic rings. The summed E-state index contributed by atoms with van der Waals surface area (Å²) in [6.45, 7) is 1.94. The average molecular weight is 202 g/mol. The van der Waals surface area contributed by atoms with Gasteiger partial charge in [-0.2, -0.15) is 5.48 Å². The summed E-state index contributed by atoms with van der Waals surface area (Å²) in [6.07, 6.45) is 0.748. The van der Waals surface area contributed by atoms with E-state index in [1.54, 1.807) is 12.1 Å². The molecular weight excluding hydrogens is 190 g/mol. The Kier molecular flexibility index (Phi) is 3.54. The highest BCUT2D eigenvalue weighted by atomic mass is 35.5. The number of nitrogens with one attached hydrogen (secondary N) is 1. The van der Waals surface area contributed by atoms with Gasteiger partial charge in [0, 0.05) is 0 Å². The van der Waals surface area contributed by atoms with Crippen LogP contribution in [-0.2, 0) is 0 Å². The first-order valence-electron chi connectivity index (χ1n) is 4.07. The summed E-state index contributed by atoms with van der Waals surface area (Å²) in [6, 6.07) is 4.72. The van der Waals surface area contributed by atoms with Crippen molar-refractivity contribution in [2.75, 3.05) is 0 Å². The number of benzene rings is 1. The summed E-state index contributed by atoms with van der Waals surface area (Å²) >= 11 is 5.71. The van der Waals surface area contributed by atoms with Gasteiger partial charge in [-0.25, -0.2) is 0 Å². The van der Waals surface area contributed by atoms with Crippen molar-refractivity contribution in [3.8, 4) is 5.75 Å². The largest absolute Gasteiger partial charge is 0.506 e. The molecule has 0 fully saturated rings. The van der Waals surface area contributed by atoms with E-state index in [0.717, 1.165) is 12.0 Å². The normalized spacial score (nSPS) is 12.8. The molecule has 0 spiro atoms. The molecule has 0 aliphatic rings. The van der Waals surface area contributed by atoms with E-state index >= 15 is 0 Å². The lowest BCUT2D eigenvalue weighted by Crippen LogP contribution is -2.15. The highest BCUT2D eigenvalue weighted by Gasteiger charge is 2.09. The van der Waals surface area contributed by atoms with Crippen LogP contribution in [0.2, 0.25) is 5.02 Å². The van der Waals surface area contributed by atoms with Gasteiger partial charge in [0.1, 0.15) is 5.75 Å². The number of hydroxylamine groups is 1. The van der Waals surface area contributed by atoms with Crippen molar-refractivity contribution in [2.45, 2.75) is 19.4 Å². The number of hydrogen-bond donors (Lipinski definition) is 3. The van der Waals surface area contributed by atoms with E-state index < -0.39 is 0 Å². The number of rotatable bonds is 3. The lowest BCUT2D eigenvalue weighted by atomic mass is 10.1. The van der Waals surface area contributed by atoms with Crippen LogP contribution in [0, 0.1) is 0 Å². The SMILES string of the molecule is CC[C@@H](NO)c1ccc(O)c(Cl)c1. The smallest absolute Gasteiger partial charge is 0.134 e. The molecule has 0 bridgehead atoms. The van der Waals surface area contributed by atoms with Crippen molar-refractivity contribution in [1.29, 1.82) is 0 Å². The van der Waals surface area contributed by atoms with Crippen molar-refractivity contribution >= 4 is 11.6 Å². The van der Waals surface area contributed by atoms with Crippen molar-refractivity contribution < 1.29 is 10.3 Å². The first-order chi connectivity index (χ1) is 6.19. The third kappa shape index (κ3) is 2.34. The molecule has 1 atom stereocenters. The quantitative estimate of drug-likeness (QED) is 0.659. The minimum atomic E-state index is -0.141. The zero-order chi connectivity index (χ0) is 9.84. The minimum absolute atomic E-state index is 0.0539. The van der Waals surface area contributed by atoms with Crippen LogP contribution in [0.5, 0.6) is 5.75 Å². The first kappa shape index (κ1) is 10.3. The monoisotopic (exact) mass is 201 g/mol. The Morgan fingerprint density at radius 1 is 1.54 bits per heavy atom. The van der Waals surface area contributed by atoms with Gasteiger partial charge < -0.3 is 10.3 Å². The van der Waals surface area contributed by atoms with Crippen LogP contribution in [0.15, 0.2) is 18.2 Å². The summed E-state index contributed by atoms with van der Waals surface area (Å²) in [5.41, 5.74) is 3.03. The second-order valence-electron chi connectivity index (χ2n) is 2.80. The van der Waals surface area contributed by atoms with Gasteiger partial charge in [0.05, 0.1) is 11.1 Å². The van der Waals surface area contributed by atoms with Crippen molar-refractivity contribution in [1.82, 2.24) is 5.48 Å². The number of phenolic OH excluding ortho intramolecular Hbond substituents is 1. The van der Waals surface area contributed by atoms with Crippen LogP contribution in [0.25, 0.3) is 0 Å². The van der Waals surface area contributed by atoms with Gasteiger partial charge in [0.15, 0.2) is 0 Å². The van der Waals surface area contributed by atoms with Crippen LogP contribution >= 0.6 is 11.6 Å². The average Bonchev–Trinajstić information content (AvgIpc) is 2.13. The molecule has 3 nitrogen and oxygen atoms in total. The lowest BCUT2D eigenvalue weighted by molar-refractivity contribution is 0.124. The number of aromatic hydroxyl groups is 1. The van der Waals surface area contributed by atoms with E-state index in [9.17, 15) is 0 Å². The second kappa shape index (κ2) is 4.46. The molecule has 0 radical (unpaired) electrons. The Bertz CT molecular complexity index is 287. The van der Waals surface area contributed by atoms with Crippen molar-refractivity contribution in [3.05, 3.63) is 28.8 Å². The topological polar surface area (TPSA) is 52.5 Å². The van der Waals surface area contributed by atoms with Gasteiger partial charge in [-0.1, -0.05) is 24.6 Å². The second-order valence-corrected chi connectivity index (χ2v) is 3.21. The predicted molar refractivity (Wildman–Crippen MR) is 51.1 cm³/mol. The van der Waals surface area contributed by atoms with Gasteiger partial charge in [-0.15, -0.1) is 0 Å². The zero-order valence-corrected chi connectivity index (χ0v) is 8.04. The Hall–Kier alpha value is -0.770. The Balaban J connectivity index is 2.95. The first-order valence-corrected chi connectivity index (χ1v) is 4.44. The third-order valence-electron chi connectivity index (χ3n) is 1.94. The molecule has 0 aromatic heterocycles. The number of halogens is 1. The highest BCUT2D eigenvalue weighted by molar-refractivity contribution is 6.32. The Morgan fingerprint density at radius 2 is 2.23 bits per heavy atom. The number of phenols is 1. The summed E-state index contributed by atoms with van der Waals surface area (Å²) < 4.78 is 0. The zero-order valence-electron chi connectivity index (χ0n) is 7.29. The van der Waals surface area contributed by atoms with Crippen LogP contribution in [0.4, 0.5) is 0 Å². The Morgan fingerprint density at radius 3 is 2.69 bits per heavy atom. The predicted octanol–water partition coefficient (Wildman–Crippen LogP) is 2.48. The molecule has 4 heteroatoms. The minimum Gasteiger partial charge on any atom is -0.506 e. The van der Waals surface area contributed by atoms with E-state index in [4.69, 9.17) is 21.9 Å². The molecule has 13 heavy (non-hydrogen) atoms. The lowest BCUT2D eigenvalue weighted by Gasteiger charge is -2.13. The fourth-order valence-corrected chi connectivity index (χ4v) is 1.33. The van der Waals surface area contributed by atoms with E-state index in [-0.39, 0.29) is 11.8 Å². The molecule has 72 valence electrons. The maximum Gasteiger partial charge on any atom is 0.134 e. The summed E-state index contributed by atoms with van der Waals surface area (Å²) in [5.74, 6) is 0.0539. The van der Waals surface area contributed by atoms with Crippen LogP contribution < -0.4 is 5.48 Å². The standard InChI is InChI=1S/C9H12ClNO2/c1-2-8(11-13)6-3-4-9(12)7(10)5-6/h3-5,8,11-13H,2H2,1H3/t8-/m1/s1. The maximum absolute atomic E-state index is 9.16. The fraction of sp³-hybridized carbons (Fsp3) is 0.333. The van der Waals surface area contributed by atoms with Crippen LogP contribution in [-0.4, -0.2) is 10.3 Å². The molecule has 0 unspecified atom stereocenters. The maximum atomic E-state index is 9.16. The molecule has 0 aliphatic heterocycles. The summed E-state index contributed by atoms with van der Waals surface area (Å²) in [4.78, 5) is 0. The summed E-state index contributed by atoms with van der Waals surface area (Å²) in [5, 5.41) is 18.2. The van der Waals surface area contributed by atoms with Gasteiger partial charge in [0.25, 0.3) is 0 Å². The van der Waals surface area contributed by atoms with Crippen LogP contribution in [0.3, 0.4) is 0 Å². The molecule has 0 saturated carbocycles. The molecule has 1 rings (SSSR count). The van der Waals surface area contributed by atoms with Crippen LogP contribution in [0.1, 0.15) is 24.9 Å². The van der Waals surface area contributed by atoms with Crippen molar-refractivity contribution in [3.63, 3.8) is 0 Å². The van der Waals surface area contributed by atoms with E-state index in [2.05, 4.69) is 5.48 Å². The molecule has 3 N–H and O–H groups in total. The molecule has 0 amide bonds. The number of hydrogen-bond acceptors (Lipinski definition) is 3. The molecular formula is C9H12ClNO2. The molecule has 0 aliphatic carbocycles. The van der Waals surface area contributed by atoms with Gasteiger partial charge >= 0.3 is 0 Å². The van der Waals surface area contributed by atoms with Gasteiger partial charge in [0.2, 0.25) is 0 Å². The van der Waals surface area contributed by atoms with Crippen molar-refractivity contribution in [2.24, 2.45) is 0 Å². The third-order valence-corrected chi connectivity index (χ3v) is 2.24. The molecule has 0 saturated heterocycles. The van der Waals surface area contributed by atoms with Gasteiger partial charge in [-0.05, 0) is 24.1 Å². The highest BCUT2D eigenvalue weighted by Crippen LogP contribution is 2.27. The van der Waals surface area contributed by atoms with E-state index in [1.807, 2.05) is 6.92 Å².